The van der Waals surface area contributed by atoms with E-state index in [1.807, 2.05) is 39.0 Å². The Morgan fingerprint density at radius 3 is 2.64 bits per heavy atom. The Kier molecular flexibility index (Phi) is 4.31. The average Bonchev–Trinajstić information content (AvgIpc) is 2.58. The maximum atomic E-state index is 12.3. The van der Waals surface area contributed by atoms with Gasteiger partial charge in [-0.1, -0.05) is 24.3 Å². The van der Waals surface area contributed by atoms with E-state index in [0.717, 1.165) is 22.1 Å². The van der Waals surface area contributed by atoms with Crippen molar-refractivity contribution in [1.29, 1.82) is 0 Å². The Hall–Kier alpha value is -3.08. The molecule has 1 aromatic heterocycles. The first-order chi connectivity index (χ1) is 11.9. The highest BCUT2D eigenvalue weighted by atomic mass is 16.5. The number of hydrogen-bond acceptors (Lipinski definition) is 5. The fourth-order valence-corrected chi connectivity index (χ4v) is 2.72. The molecule has 2 aromatic carbocycles. The number of esters is 1. The summed E-state index contributed by atoms with van der Waals surface area (Å²) in [5, 5.41) is 0.757. The number of aryl methyl sites for hydroxylation is 3. The molecular weight excluding hydrogens is 318 g/mol. The molecular formula is C20H19NO4. The molecule has 0 saturated carbocycles. The van der Waals surface area contributed by atoms with Crippen LogP contribution in [-0.2, 0) is 11.3 Å². The second-order valence-electron chi connectivity index (χ2n) is 6.09. The second kappa shape index (κ2) is 6.43. The van der Waals surface area contributed by atoms with E-state index >= 15 is 0 Å². The smallest absolute Gasteiger partial charge is 0.340 e. The summed E-state index contributed by atoms with van der Waals surface area (Å²) in [5.74, 6) is -0.522. The van der Waals surface area contributed by atoms with Gasteiger partial charge in [-0.05, 0) is 43.5 Å². The molecule has 0 fully saturated rings. The Morgan fingerprint density at radius 2 is 1.88 bits per heavy atom. The van der Waals surface area contributed by atoms with Crippen LogP contribution in [0.25, 0.3) is 11.0 Å². The number of anilines is 1. The Labute approximate surface area is 145 Å². The van der Waals surface area contributed by atoms with Gasteiger partial charge < -0.3 is 14.9 Å². The highest BCUT2D eigenvalue weighted by Gasteiger charge is 2.15. The van der Waals surface area contributed by atoms with Crippen LogP contribution in [0.15, 0.2) is 45.6 Å². The van der Waals surface area contributed by atoms with Gasteiger partial charge in [-0.15, -0.1) is 0 Å². The van der Waals surface area contributed by atoms with Gasteiger partial charge in [-0.25, -0.2) is 9.59 Å². The topological polar surface area (TPSA) is 82.5 Å². The number of nitrogen functional groups attached to an aromatic ring is 1. The molecule has 0 aliphatic rings. The number of fused-ring (bicyclic) bond motifs is 1. The van der Waals surface area contributed by atoms with Crippen molar-refractivity contribution in [1.82, 2.24) is 0 Å². The first kappa shape index (κ1) is 16.8. The van der Waals surface area contributed by atoms with Gasteiger partial charge in [-0.2, -0.15) is 0 Å². The van der Waals surface area contributed by atoms with E-state index in [1.165, 1.54) is 6.07 Å². The van der Waals surface area contributed by atoms with E-state index in [0.29, 0.717) is 22.4 Å². The number of benzene rings is 2. The highest BCUT2D eigenvalue weighted by Crippen LogP contribution is 2.24. The zero-order valence-electron chi connectivity index (χ0n) is 14.4. The molecule has 1 heterocycles. The predicted molar refractivity (Wildman–Crippen MR) is 96.7 cm³/mol. The molecule has 5 nitrogen and oxygen atoms in total. The maximum Gasteiger partial charge on any atom is 0.340 e. The molecule has 5 heteroatoms. The Balaban J connectivity index is 1.94. The number of rotatable bonds is 3. The summed E-state index contributed by atoms with van der Waals surface area (Å²) in [6.45, 7) is 5.63. The van der Waals surface area contributed by atoms with Crippen LogP contribution < -0.4 is 11.4 Å². The molecule has 128 valence electrons. The van der Waals surface area contributed by atoms with Crippen LogP contribution in [0.3, 0.4) is 0 Å². The molecule has 0 unspecified atom stereocenters. The van der Waals surface area contributed by atoms with Gasteiger partial charge in [0.2, 0.25) is 0 Å². The van der Waals surface area contributed by atoms with Crippen LogP contribution in [0.5, 0.6) is 0 Å². The van der Waals surface area contributed by atoms with Crippen LogP contribution >= 0.6 is 0 Å². The molecule has 0 atom stereocenters. The fourth-order valence-electron chi connectivity index (χ4n) is 2.72. The molecule has 0 aliphatic carbocycles. The lowest BCUT2D eigenvalue weighted by Crippen LogP contribution is -2.10. The minimum absolute atomic E-state index is 0.0309. The van der Waals surface area contributed by atoms with Crippen LogP contribution in [-0.4, -0.2) is 5.97 Å². The van der Waals surface area contributed by atoms with Gasteiger partial charge in [-0.3, -0.25) is 0 Å². The zero-order valence-corrected chi connectivity index (χ0v) is 14.4. The molecule has 0 aliphatic heterocycles. The highest BCUT2D eigenvalue weighted by molar-refractivity contribution is 5.96. The lowest BCUT2D eigenvalue weighted by Gasteiger charge is -2.11. The Morgan fingerprint density at radius 1 is 1.12 bits per heavy atom. The van der Waals surface area contributed by atoms with Gasteiger partial charge in [0, 0.05) is 22.7 Å². The minimum atomic E-state index is -0.522. The quantitative estimate of drug-likeness (QED) is 0.448. The second-order valence-corrected chi connectivity index (χ2v) is 6.09. The van der Waals surface area contributed by atoms with Crippen molar-refractivity contribution in [3.8, 4) is 0 Å². The number of para-hydroxylation sites is 1. The lowest BCUT2D eigenvalue weighted by molar-refractivity contribution is 0.0475. The van der Waals surface area contributed by atoms with Crippen molar-refractivity contribution >= 4 is 22.6 Å². The summed E-state index contributed by atoms with van der Waals surface area (Å²) < 4.78 is 10.7. The number of ether oxygens (including phenoxy) is 1. The molecule has 3 aromatic rings. The minimum Gasteiger partial charge on any atom is -0.457 e. The summed E-state index contributed by atoms with van der Waals surface area (Å²) in [4.78, 5) is 24.2. The first-order valence-electron chi connectivity index (χ1n) is 7.93. The van der Waals surface area contributed by atoms with Gasteiger partial charge in [0.25, 0.3) is 0 Å². The Bertz CT molecular complexity index is 1030. The van der Waals surface area contributed by atoms with Crippen molar-refractivity contribution in [2.75, 3.05) is 5.73 Å². The molecule has 25 heavy (non-hydrogen) atoms. The number of nitrogens with two attached hydrogens (primary N) is 1. The number of carbonyl (C=O) groups excluding carboxylic acids is 1. The number of carbonyl (C=O) groups is 1. The largest absolute Gasteiger partial charge is 0.457 e. The van der Waals surface area contributed by atoms with Crippen LogP contribution in [0.1, 0.15) is 32.6 Å². The SMILES string of the molecule is Cc1cccc(C(=O)OCc2cc(=O)oc3c(C)c(C)ccc23)c1N. The monoisotopic (exact) mass is 337 g/mol. The van der Waals surface area contributed by atoms with Gasteiger partial charge in [0.15, 0.2) is 0 Å². The summed E-state index contributed by atoms with van der Waals surface area (Å²) in [6, 6.07) is 10.4. The molecule has 3 rings (SSSR count). The molecule has 0 amide bonds. The standard InChI is InChI=1S/C20H19NO4/c1-11-7-8-15-14(9-17(22)25-19(15)13(11)3)10-24-20(23)16-6-4-5-12(2)18(16)21/h4-9H,10,21H2,1-3H3. The third-order valence-corrected chi connectivity index (χ3v) is 4.42. The van der Waals surface area contributed by atoms with Crippen LogP contribution in [0, 0.1) is 20.8 Å². The predicted octanol–water partition coefficient (Wildman–Crippen LogP) is 3.66. The van der Waals surface area contributed by atoms with E-state index < -0.39 is 11.6 Å². The third-order valence-electron chi connectivity index (χ3n) is 4.42. The third kappa shape index (κ3) is 3.13. The summed E-state index contributed by atoms with van der Waals surface area (Å²) >= 11 is 0. The van der Waals surface area contributed by atoms with Gasteiger partial charge in [0.1, 0.15) is 12.2 Å². The van der Waals surface area contributed by atoms with Crippen molar-refractivity contribution in [2.24, 2.45) is 0 Å². The van der Waals surface area contributed by atoms with E-state index in [9.17, 15) is 9.59 Å². The lowest BCUT2D eigenvalue weighted by atomic mass is 10.0. The van der Waals surface area contributed by atoms with Crippen molar-refractivity contribution in [3.05, 3.63) is 74.6 Å². The van der Waals surface area contributed by atoms with Gasteiger partial charge in [0.05, 0.1) is 5.56 Å². The number of hydrogen-bond donors (Lipinski definition) is 1. The molecule has 0 radical (unpaired) electrons. The van der Waals surface area contributed by atoms with Crippen molar-refractivity contribution in [2.45, 2.75) is 27.4 Å². The molecule has 0 bridgehead atoms. The van der Waals surface area contributed by atoms with E-state index in [4.69, 9.17) is 14.9 Å². The first-order valence-corrected chi connectivity index (χ1v) is 7.93. The fraction of sp³-hybridized carbons (Fsp3) is 0.200. The maximum absolute atomic E-state index is 12.3. The van der Waals surface area contributed by atoms with E-state index in [1.54, 1.807) is 12.1 Å². The van der Waals surface area contributed by atoms with E-state index in [-0.39, 0.29) is 6.61 Å². The zero-order chi connectivity index (χ0) is 18.1. The van der Waals surface area contributed by atoms with Crippen LogP contribution in [0.4, 0.5) is 5.69 Å². The molecule has 0 spiro atoms. The summed E-state index contributed by atoms with van der Waals surface area (Å²) in [7, 11) is 0. The van der Waals surface area contributed by atoms with E-state index in [2.05, 4.69) is 0 Å². The van der Waals surface area contributed by atoms with Crippen LogP contribution in [0.2, 0.25) is 0 Å². The molecule has 2 N–H and O–H groups in total. The van der Waals surface area contributed by atoms with Crippen molar-refractivity contribution in [3.63, 3.8) is 0 Å². The summed E-state index contributed by atoms with van der Waals surface area (Å²) in [6.07, 6.45) is 0. The average molecular weight is 337 g/mol. The van der Waals surface area contributed by atoms with Crippen molar-refractivity contribution < 1.29 is 13.9 Å². The summed E-state index contributed by atoms with van der Waals surface area (Å²) in [5.41, 5.74) is 10.0. The normalized spacial score (nSPS) is 10.8. The molecule has 0 saturated heterocycles. The van der Waals surface area contributed by atoms with Gasteiger partial charge >= 0.3 is 11.6 Å².